The molecule has 1 rings (SSSR count). The maximum Gasteiger partial charge on any atom is 0.329 e. The molecule has 2 amide bonds. The number of nitrogens with one attached hydrogen (secondary N) is 1. The molecule has 1 heterocycles. The van der Waals surface area contributed by atoms with Gasteiger partial charge in [-0.25, -0.2) is 14.4 Å². The number of carbonyl (C=O) groups is 3. The van der Waals surface area contributed by atoms with Gasteiger partial charge in [0.15, 0.2) is 0 Å². The Hall–Kier alpha value is -1.83. The number of carboxylic acids is 1. The summed E-state index contributed by atoms with van der Waals surface area (Å²) in [6, 6.07) is -1.02. The standard InChI is InChI=1S/C13H22N2O6/c1-3-20-12(18)9(2)14-13(19)15-6-4-10(5-7-15)21-8-11(16)17/h9-10H,3-8H2,1-2H3,(H,14,19)(H,16,17). The molecule has 1 atom stereocenters. The predicted molar refractivity (Wildman–Crippen MR) is 72.8 cm³/mol. The predicted octanol–water partition coefficient (Wildman–Crippen LogP) is 0.213. The average molecular weight is 302 g/mol. The normalized spacial score (nSPS) is 17.1. The van der Waals surface area contributed by atoms with Gasteiger partial charge in [0.2, 0.25) is 0 Å². The van der Waals surface area contributed by atoms with Crippen molar-refractivity contribution in [3.8, 4) is 0 Å². The molecule has 8 nitrogen and oxygen atoms in total. The minimum Gasteiger partial charge on any atom is -0.480 e. The first-order valence-electron chi connectivity index (χ1n) is 6.99. The molecule has 0 bridgehead atoms. The van der Waals surface area contributed by atoms with Crippen molar-refractivity contribution in [2.45, 2.75) is 38.8 Å². The van der Waals surface area contributed by atoms with Gasteiger partial charge in [0.05, 0.1) is 12.7 Å². The first-order chi connectivity index (χ1) is 9.93. The summed E-state index contributed by atoms with van der Waals surface area (Å²) < 4.78 is 10.0. The fraction of sp³-hybridized carbons (Fsp3) is 0.769. The number of rotatable bonds is 6. The lowest BCUT2D eigenvalue weighted by Gasteiger charge is -2.32. The minimum absolute atomic E-state index is 0.146. The van der Waals surface area contributed by atoms with Gasteiger partial charge < -0.3 is 24.8 Å². The van der Waals surface area contributed by atoms with Crippen molar-refractivity contribution in [1.82, 2.24) is 10.2 Å². The van der Waals surface area contributed by atoms with E-state index in [0.29, 0.717) is 25.9 Å². The first-order valence-corrected chi connectivity index (χ1v) is 6.99. The highest BCUT2D eigenvalue weighted by Gasteiger charge is 2.26. The van der Waals surface area contributed by atoms with E-state index in [1.54, 1.807) is 18.7 Å². The molecule has 8 heteroatoms. The minimum atomic E-state index is -1.00. The Morgan fingerprint density at radius 1 is 1.33 bits per heavy atom. The van der Waals surface area contributed by atoms with Crippen LogP contribution in [0.25, 0.3) is 0 Å². The van der Waals surface area contributed by atoms with Crippen LogP contribution in [-0.2, 0) is 19.1 Å². The molecule has 2 N–H and O–H groups in total. The van der Waals surface area contributed by atoms with Gasteiger partial charge in [-0.05, 0) is 26.7 Å². The Morgan fingerprint density at radius 3 is 2.48 bits per heavy atom. The number of ether oxygens (including phenoxy) is 2. The third-order valence-corrected chi connectivity index (χ3v) is 3.15. The van der Waals surface area contributed by atoms with Crippen molar-refractivity contribution in [3.05, 3.63) is 0 Å². The lowest BCUT2D eigenvalue weighted by molar-refractivity contribution is -0.145. The molecule has 21 heavy (non-hydrogen) atoms. The SMILES string of the molecule is CCOC(=O)C(C)NC(=O)N1CCC(OCC(=O)O)CC1. The van der Waals surface area contributed by atoms with Crippen LogP contribution in [0.15, 0.2) is 0 Å². The summed E-state index contributed by atoms with van der Waals surface area (Å²) >= 11 is 0. The number of carbonyl (C=O) groups excluding carboxylic acids is 2. The van der Waals surface area contributed by atoms with E-state index in [9.17, 15) is 14.4 Å². The molecule has 1 aliphatic heterocycles. The largest absolute Gasteiger partial charge is 0.480 e. The van der Waals surface area contributed by atoms with Crippen LogP contribution in [0.1, 0.15) is 26.7 Å². The topological polar surface area (TPSA) is 105 Å². The number of esters is 1. The van der Waals surface area contributed by atoms with Gasteiger partial charge >= 0.3 is 18.0 Å². The van der Waals surface area contributed by atoms with Crippen molar-refractivity contribution >= 4 is 18.0 Å². The molecule has 1 fully saturated rings. The maximum absolute atomic E-state index is 12.0. The molecule has 0 saturated carbocycles. The molecule has 0 spiro atoms. The second-order valence-electron chi connectivity index (χ2n) is 4.81. The van der Waals surface area contributed by atoms with E-state index in [2.05, 4.69) is 5.32 Å². The van der Waals surface area contributed by atoms with E-state index in [1.807, 2.05) is 0 Å². The second-order valence-corrected chi connectivity index (χ2v) is 4.81. The van der Waals surface area contributed by atoms with E-state index in [-0.39, 0.29) is 25.3 Å². The number of hydrogen-bond donors (Lipinski definition) is 2. The molecular weight excluding hydrogens is 280 g/mol. The summed E-state index contributed by atoms with van der Waals surface area (Å²) in [7, 11) is 0. The van der Waals surface area contributed by atoms with E-state index >= 15 is 0 Å². The van der Waals surface area contributed by atoms with Gasteiger partial charge in [0.1, 0.15) is 12.6 Å². The van der Waals surface area contributed by atoms with Crippen LogP contribution in [0, 0.1) is 0 Å². The number of hydrogen-bond acceptors (Lipinski definition) is 5. The number of likely N-dealkylation sites (tertiary alicyclic amines) is 1. The number of urea groups is 1. The van der Waals surface area contributed by atoms with Crippen molar-refractivity contribution in [1.29, 1.82) is 0 Å². The number of piperidine rings is 1. The molecule has 0 aromatic rings. The molecule has 1 saturated heterocycles. The molecule has 120 valence electrons. The fourth-order valence-corrected chi connectivity index (χ4v) is 2.02. The smallest absolute Gasteiger partial charge is 0.329 e. The van der Waals surface area contributed by atoms with E-state index in [4.69, 9.17) is 14.6 Å². The first kappa shape index (κ1) is 17.2. The lowest BCUT2D eigenvalue weighted by Crippen LogP contribution is -2.50. The lowest BCUT2D eigenvalue weighted by atomic mass is 10.1. The molecule has 0 aliphatic carbocycles. The van der Waals surface area contributed by atoms with E-state index in [1.165, 1.54) is 0 Å². The highest BCUT2D eigenvalue weighted by Crippen LogP contribution is 2.13. The third-order valence-electron chi connectivity index (χ3n) is 3.15. The van der Waals surface area contributed by atoms with E-state index < -0.39 is 18.0 Å². The summed E-state index contributed by atoms with van der Waals surface area (Å²) in [6.07, 6.45) is 1.01. The number of carboxylic acid groups (broad SMARTS) is 1. The highest BCUT2D eigenvalue weighted by atomic mass is 16.5. The summed E-state index contributed by atoms with van der Waals surface area (Å²) in [6.45, 7) is 4.15. The molecule has 0 radical (unpaired) electrons. The van der Waals surface area contributed by atoms with Gasteiger partial charge in [0.25, 0.3) is 0 Å². The third kappa shape index (κ3) is 5.99. The van der Waals surface area contributed by atoms with E-state index in [0.717, 1.165) is 0 Å². The van der Waals surface area contributed by atoms with Crippen molar-refractivity contribution < 1.29 is 29.0 Å². The maximum atomic E-state index is 12.0. The van der Waals surface area contributed by atoms with Crippen molar-refractivity contribution in [3.63, 3.8) is 0 Å². The van der Waals surface area contributed by atoms with Crippen LogP contribution in [-0.4, -0.2) is 66.4 Å². The number of amides is 2. The van der Waals surface area contributed by atoms with Crippen molar-refractivity contribution in [2.75, 3.05) is 26.3 Å². The Balaban J connectivity index is 2.31. The number of aliphatic carboxylic acids is 1. The molecule has 1 aliphatic rings. The summed E-state index contributed by atoms with van der Waals surface area (Å²) in [5.41, 5.74) is 0. The summed E-state index contributed by atoms with van der Waals surface area (Å²) in [5, 5.41) is 11.1. The Labute approximate surface area is 123 Å². The zero-order valence-corrected chi connectivity index (χ0v) is 12.3. The summed E-state index contributed by atoms with van der Waals surface area (Å²) in [5.74, 6) is -1.47. The zero-order valence-electron chi connectivity index (χ0n) is 12.3. The average Bonchev–Trinajstić information content (AvgIpc) is 2.45. The van der Waals surface area contributed by atoms with Gasteiger partial charge in [0, 0.05) is 13.1 Å². The van der Waals surface area contributed by atoms with Gasteiger partial charge in [-0.1, -0.05) is 0 Å². The van der Waals surface area contributed by atoms with Crippen LogP contribution in [0.2, 0.25) is 0 Å². The van der Waals surface area contributed by atoms with Gasteiger partial charge in [-0.2, -0.15) is 0 Å². The zero-order chi connectivity index (χ0) is 15.8. The number of nitrogens with zero attached hydrogens (tertiary/aromatic N) is 1. The molecule has 0 aromatic carbocycles. The van der Waals surface area contributed by atoms with Gasteiger partial charge in [-0.15, -0.1) is 0 Å². The monoisotopic (exact) mass is 302 g/mol. The molecular formula is C13H22N2O6. The van der Waals surface area contributed by atoms with Crippen LogP contribution in [0.3, 0.4) is 0 Å². The Kier molecular flexibility index (Phi) is 6.93. The Bertz CT molecular complexity index is 379. The van der Waals surface area contributed by atoms with Crippen LogP contribution in [0.5, 0.6) is 0 Å². The quantitative estimate of drug-likeness (QED) is 0.680. The van der Waals surface area contributed by atoms with Crippen LogP contribution < -0.4 is 5.32 Å². The second kappa shape index (κ2) is 8.46. The van der Waals surface area contributed by atoms with Crippen LogP contribution in [0.4, 0.5) is 4.79 Å². The fourth-order valence-electron chi connectivity index (χ4n) is 2.02. The molecule has 0 aromatic heterocycles. The van der Waals surface area contributed by atoms with Gasteiger partial charge in [-0.3, -0.25) is 0 Å². The van der Waals surface area contributed by atoms with Crippen molar-refractivity contribution in [2.24, 2.45) is 0 Å². The summed E-state index contributed by atoms with van der Waals surface area (Å²) in [4.78, 5) is 35.4. The Morgan fingerprint density at radius 2 is 1.95 bits per heavy atom. The highest BCUT2D eigenvalue weighted by molar-refractivity contribution is 5.83. The van der Waals surface area contributed by atoms with Crippen LogP contribution >= 0.6 is 0 Å². The molecule has 1 unspecified atom stereocenters.